The number of carbonyl (C=O) groups excluding carboxylic acids is 1. The molecule has 0 saturated carbocycles. The van der Waals surface area contributed by atoms with Gasteiger partial charge in [0.2, 0.25) is 10.0 Å². The van der Waals surface area contributed by atoms with Gasteiger partial charge in [0.25, 0.3) is 5.91 Å². The van der Waals surface area contributed by atoms with Crippen LogP contribution in [-0.2, 0) is 10.0 Å². The normalized spacial score (nSPS) is 17.5. The number of nitrogens with zero attached hydrogens (tertiary/aromatic N) is 1. The van der Waals surface area contributed by atoms with Crippen LogP contribution in [-0.4, -0.2) is 33.2 Å². The number of benzene rings is 1. The summed E-state index contributed by atoms with van der Waals surface area (Å²) < 4.78 is 25.5. The van der Waals surface area contributed by atoms with Crippen LogP contribution in [0, 0.1) is 0 Å². The highest BCUT2D eigenvalue weighted by molar-refractivity contribution is 7.92. The molecule has 5 nitrogen and oxygen atoms in total. The molecule has 1 saturated heterocycles. The second-order valence-electron chi connectivity index (χ2n) is 5.02. The van der Waals surface area contributed by atoms with Crippen molar-refractivity contribution in [2.75, 3.05) is 23.1 Å². The molecule has 0 atom stereocenters. The lowest BCUT2D eigenvalue weighted by molar-refractivity contribution is 0.0954. The number of hydrogen-bond acceptors (Lipinski definition) is 3. The molecule has 0 spiro atoms. The van der Waals surface area contributed by atoms with Crippen LogP contribution in [0.15, 0.2) is 18.2 Å². The number of rotatable bonds is 4. The van der Waals surface area contributed by atoms with E-state index < -0.39 is 10.0 Å². The molecule has 0 unspecified atom stereocenters. The first kappa shape index (κ1) is 16.1. The molecule has 1 aromatic carbocycles. The minimum absolute atomic E-state index is 0.156. The van der Waals surface area contributed by atoms with Gasteiger partial charge in [0, 0.05) is 13.1 Å². The molecule has 7 heteroatoms. The minimum atomic E-state index is -3.27. The molecule has 0 aromatic heterocycles. The Morgan fingerprint density at radius 3 is 2.76 bits per heavy atom. The zero-order chi connectivity index (χ0) is 15.5. The lowest BCUT2D eigenvalue weighted by Crippen LogP contribution is -2.37. The van der Waals surface area contributed by atoms with Gasteiger partial charge >= 0.3 is 0 Å². The molecule has 1 N–H and O–H groups in total. The maximum Gasteiger partial charge on any atom is 0.252 e. The minimum Gasteiger partial charge on any atom is -0.352 e. The number of halogens is 1. The summed E-state index contributed by atoms with van der Waals surface area (Å²) in [5, 5.41) is 3.02. The number of sulfonamides is 1. The molecule has 1 amide bonds. The van der Waals surface area contributed by atoms with Crippen molar-refractivity contribution in [3.63, 3.8) is 0 Å². The fourth-order valence-corrected chi connectivity index (χ4v) is 4.15. The zero-order valence-electron chi connectivity index (χ0n) is 11.9. The van der Waals surface area contributed by atoms with Crippen LogP contribution < -0.4 is 9.62 Å². The van der Waals surface area contributed by atoms with E-state index in [1.54, 1.807) is 18.2 Å². The van der Waals surface area contributed by atoms with Gasteiger partial charge < -0.3 is 5.32 Å². The Labute approximate surface area is 130 Å². The summed E-state index contributed by atoms with van der Waals surface area (Å²) in [6, 6.07) is 4.76. The second-order valence-corrected chi connectivity index (χ2v) is 7.44. The fourth-order valence-electron chi connectivity index (χ4n) is 2.26. The SMILES string of the molecule is CCCNC(=O)c1ccc(N2CCCCS2(=O)=O)cc1Cl. The van der Waals surface area contributed by atoms with Gasteiger partial charge in [0.1, 0.15) is 0 Å². The summed E-state index contributed by atoms with van der Waals surface area (Å²) >= 11 is 6.13. The van der Waals surface area contributed by atoms with E-state index in [1.165, 1.54) is 4.31 Å². The molecular weight excluding hydrogens is 312 g/mol. The molecule has 0 bridgehead atoms. The van der Waals surface area contributed by atoms with Crippen molar-refractivity contribution < 1.29 is 13.2 Å². The van der Waals surface area contributed by atoms with Crippen LogP contribution >= 0.6 is 11.6 Å². The molecule has 1 heterocycles. The first-order valence-electron chi connectivity index (χ1n) is 7.04. The summed E-state index contributed by atoms with van der Waals surface area (Å²) in [5.74, 6) is -0.0847. The van der Waals surface area contributed by atoms with E-state index in [9.17, 15) is 13.2 Å². The third-order valence-electron chi connectivity index (χ3n) is 3.37. The summed E-state index contributed by atoms with van der Waals surface area (Å²) in [5.41, 5.74) is 0.884. The average Bonchev–Trinajstić information content (AvgIpc) is 2.44. The third kappa shape index (κ3) is 3.68. The Balaban J connectivity index is 2.24. The number of carbonyl (C=O) groups is 1. The molecule has 0 radical (unpaired) electrons. The van der Waals surface area contributed by atoms with Crippen LogP contribution in [0.3, 0.4) is 0 Å². The van der Waals surface area contributed by atoms with Crippen LogP contribution in [0.25, 0.3) is 0 Å². The highest BCUT2D eigenvalue weighted by Gasteiger charge is 2.26. The van der Waals surface area contributed by atoms with Crippen molar-refractivity contribution in [1.29, 1.82) is 0 Å². The Kier molecular flexibility index (Phi) is 5.11. The Bertz CT molecular complexity index is 631. The summed E-state index contributed by atoms with van der Waals surface area (Å²) in [6.07, 6.45) is 2.35. The van der Waals surface area contributed by atoms with Gasteiger partial charge in [-0.2, -0.15) is 0 Å². The van der Waals surface area contributed by atoms with Gasteiger partial charge in [-0.15, -0.1) is 0 Å². The predicted octanol–water partition coefficient (Wildman–Crippen LogP) is 2.41. The Morgan fingerprint density at radius 2 is 2.14 bits per heavy atom. The molecule has 1 aliphatic rings. The lowest BCUT2D eigenvalue weighted by atomic mass is 10.2. The summed E-state index contributed by atoms with van der Waals surface area (Å²) in [4.78, 5) is 11.9. The van der Waals surface area contributed by atoms with E-state index in [0.29, 0.717) is 30.8 Å². The van der Waals surface area contributed by atoms with Crippen LogP contribution in [0.5, 0.6) is 0 Å². The van der Waals surface area contributed by atoms with E-state index in [4.69, 9.17) is 11.6 Å². The molecule has 0 aliphatic carbocycles. The van der Waals surface area contributed by atoms with E-state index in [0.717, 1.165) is 12.8 Å². The average molecular weight is 331 g/mol. The monoisotopic (exact) mass is 330 g/mol. The van der Waals surface area contributed by atoms with Crippen molar-refractivity contribution in [1.82, 2.24) is 5.32 Å². The molecule has 21 heavy (non-hydrogen) atoms. The topological polar surface area (TPSA) is 66.5 Å². The largest absolute Gasteiger partial charge is 0.352 e. The third-order valence-corrected chi connectivity index (χ3v) is 5.55. The number of anilines is 1. The highest BCUT2D eigenvalue weighted by atomic mass is 35.5. The highest BCUT2D eigenvalue weighted by Crippen LogP contribution is 2.28. The van der Waals surface area contributed by atoms with Gasteiger partial charge in [0.15, 0.2) is 0 Å². The number of nitrogens with one attached hydrogen (secondary N) is 1. The van der Waals surface area contributed by atoms with Crippen LogP contribution in [0.4, 0.5) is 5.69 Å². The maximum atomic E-state index is 12.1. The smallest absolute Gasteiger partial charge is 0.252 e. The van der Waals surface area contributed by atoms with E-state index in [1.807, 2.05) is 6.92 Å². The van der Waals surface area contributed by atoms with Crippen molar-refractivity contribution in [2.45, 2.75) is 26.2 Å². The zero-order valence-corrected chi connectivity index (χ0v) is 13.5. The standard InChI is InChI=1S/C14H19ClN2O3S/c1-2-7-16-14(18)12-6-5-11(10-13(12)15)17-8-3-4-9-21(17,19)20/h5-6,10H,2-4,7-9H2,1H3,(H,16,18). The van der Waals surface area contributed by atoms with Crippen LogP contribution in [0.2, 0.25) is 5.02 Å². The van der Waals surface area contributed by atoms with Gasteiger partial charge in [0.05, 0.1) is 22.0 Å². The fraction of sp³-hybridized carbons (Fsp3) is 0.500. The van der Waals surface area contributed by atoms with Crippen molar-refractivity contribution in [2.24, 2.45) is 0 Å². The van der Waals surface area contributed by atoms with E-state index in [-0.39, 0.29) is 16.7 Å². The summed E-state index contributed by atoms with van der Waals surface area (Å²) in [6.45, 7) is 3.00. The molecule has 1 aromatic rings. The first-order valence-corrected chi connectivity index (χ1v) is 9.02. The second kappa shape index (κ2) is 6.66. The van der Waals surface area contributed by atoms with Crippen molar-refractivity contribution in [3.8, 4) is 0 Å². The van der Waals surface area contributed by atoms with Gasteiger partial charge in [-0.1, -0.05) is 18.5 Å². The Hall–Kier alpha value is -1.27. The van der Waals surface area contributed by atoms with Gasteiger partial charge in [-0.25, -0.2) is 8.42 Å². The Morgan fingerprint density at radius 1 is 1.38 bits per heavy atom. The molecule has 116 valence electrons. The molecule has 1 aliphatic heterocycles. The quantitative estimate of drug-likeness (QED) is 0.922. The number of hydrogen-bond donors (Lipinski definition) is 1. The van der Waals surface area contributed by atoms with Gasteiger partial charge in [-0.05, 0) is 37.5 Å². The molecule has 2 rings (SSSR count). The summed E-state index contributed by atoms with van der Waals surface area (Å²) in [7, 11) is -3.27. The van der Waals surface area contributed by atoms with Crippen molar-refractivity contribution in [3.05, 3.63) is 28.8 Å². The van der Waals surface area contributed by atoms with Crippen molar-refractivity contribution >= 4 is 33.2 Å². The first-order chi connectivity index (χ1) is 9.95. The van der Waals surface area contributed by atoms with E-state index >= 15 is 0 Å². The number of amides is 1. The van der Waals surface area contributed by atoms with Gasteiger partial charge in [-0.3, -0.25) is 9.10 Å². The van der Waals surface area contributed by atoms with Crippen LogP contribution in [0.1, 0.15) is 36.5 Å². The predicted molar refractivity (Wildman–Crippen MR) is 84.4 cm³/mol. The maximum absolute atomic E-state index is 12.1. The molecule has 1 fully saturated rings. The van der Waals surface area contributed by atoms with E-state index in [2.05, 4.69) is 5.32 Å². The lowest BCUT2D eigenvalue weighted by Gasteiger charge is -2.28. The molecular formula is C14H19ClN2O3S.